The molecule has 35 heavy (non-hydrogen) atoms. The topological polar surface area (TPSA) is 145 Å². The van der Waals surface area contributed by atoms with Crippen molar-refractivity contribution in [2.75, 3.05) is 25.4 Å². The maximum Gasteiger partial charge on any atom is 0.314 e. The first-order valence-corrected chi connectivity index (χ1v) is 13.0. The van der Waals surface area contributed by atoms with Gasteiger partial charge >= 0.3 is 5.97 Å². The summed E-state index contributed by atoms with van der Waals surface area (Å²) in [6.45, 7) is 6.78. The number of ether oxygens (including phenoxy) is 2. The van der Waals surface area contributed by atoms with Gasteiger partial charge in [-0.15, -0.1) is 23.1 Å². The van der Waals surface area contributed by atoms with E-state index in [2.05, 4.69) is 15.5 Å². The lowest BCUT2D eigenvalue weighted by atomic mass is 9.98. The van der Waals surface area contributed by atoms with Crippen LogP contribution in [0, 0.1) is 5.41 Å². The Labute approximate surface area is 216 Å². The number of oxime groups is 1. The highest BCUT2D eigenvalue weighted by molar-refractivity contribution is 8.00. The molecular weight excluding hydrogens is 514 g/mol. The van der Waals surface area contributed by atoms with Gasteiger partial charge in [0, 0.05) is 11.1 Å². The van der Waals surface area contributed by atoms with Crippen LogP contribution in [0.3, 0.4) is 0 Å². The van der Waals surface area contributed by atoms with E-state index in [0.717, 1.165) is 16.9 Å². The number of amides is 2. The largest absolute Gasteiger partial charge is 0.445 e. The standard InChI is InChI=1S/C21H27N5O6S3/c1-6-10-7-34-17-13(24-15(27)12(25-30-5)11-8-35-20(22)23-11)16(28)26(17)14(10)18(33)31-9-32-19(29)21(2,3)4/h8,13,17H,6-7,9H2,1-5H3,(H2,22,23)(H,24,27)/t13?,17-/m1/s1. The first-order chi connectivity index (χ1) is 16.5. The number of aromatic nitrogens is 1. The molecule has 2 atom stereocenters. The van der Waals surface area contributed by atoms with Crippen molar-refractivity contribution < 1.29 is 28.7 Å². The van der Waals surface area contributed by atoms with Crippen LogP contribution in [0.25, 0.3) is 0 Å². The Morgan fingerprint density at radius 1 is 1.37 bits per heavy atom. The molecule has 0 aliphatic carbocycles. The lowest BCUT2D eigenvalue weighted by Gasteiger charge is -2.50. The zero-order chi connectivity index (χ0) is 25.9. The van der Waals surface area contributed by atoms with E-state index in [4.69, 9.17) is 32.3 Å². The average Bonchev–Trinajstić information content (AvgIpc) is 3.24. The van der Waals surface area contributed by atoms with Gasteiger partial charge in [-0.25, -0.2) is 4.98 Å². The van der Waals surface area contributed by atoms with Gasteiger partial charge in [-0.3, -0.25) is 19.3 Å². The van der Waals surface area contributed by atoms with Crippen LogP contribution in [0.4, 0.5) is 5.13 Å². The molecule has 11 nitrogen and oxygen atoms in total. The van der Waals surface area contributed by atoms with Crippen molar-refractivity contribution in [3.8, 4) is 0 Å². The molecule has 1 aromatic rings. The third-order valence-corrected chi connectivity index (χ3v) is 7.43. The predicted octanol–water partition coefficient (Wildman–Crippen LogP) is 2.03. The number of β-lactam (4-membered cyclic amide) rings is 1. The first kappa shape index (κ1) is 26.9. The molecule has 2 aliphatic rings. The number of rotatable bonds is 8. The highest BCUT2D eigenvalue weighted by atomic mass is 32.2. The Morgan fingerprint density at radius 3 is 2.66 bits per heavy atom. The molecule has 2 aliphatic heterocycles. The number of esters is 1. The molecule has 3 rings (SSSR count). The molecule has 190 valence electrons. The number of thioether (sulfide) groups is 1. The van der Waals surface area contributed by atoms with E-state index in [1.165, 1.54) is 23.8 Å². The Morgan fingerprint density at radius 2 is 2.09 bits per heavy atom. The maximum absolute atomic E-state index is 13.1. The minimum Gasteiger partial charge on any atom is -0.445 e. The average molecular weight is 542 g/mol. The van der Waals surface area contributed by atoms with E-state index in [-0.39, 0.29) is 39.7 Å². The molecule has 1 unspecified atom stereocenters. The third-order valence-electron chi connectivity index (χ3n) is 5.11. The van der Waals surface area contributed by atoms with Crippen LogP contribution in [-0.2, 0) is 28.7 Å². The quantitative estimate of drug-likeness (QED) is 0.125. The van der Waals surface area contributed by atoms with Crippen molar-refractivity contribution in [1.82, 2.24) is 15.2 Å². The number of hydrogen-bond acceptors (Lipinski definition) is 12. The number of anilines is 1. The summed E-state index contributed by atoms with van der Waals surface area (Å²) >= 11 is 8.09. The van der Waals surface area contributed by atoms with Gasteiger partial charge < -0.3 is 25.4 Å². The van der Waals surface area contributed by atoms with Gasteiger partial charge in [0.1, 0.15) is 24.2 Å². The summed E-state index contributed by atoms with van der Waals surface area (Å²) in [5.41, 5.74) is 6.55. The highest BCUT2D eigenvalue weighted by Crippen LogP contribution is 2.41. The second kappa shape index (κ2) is 10.9. The number of hydrogen-bond donors (Lipinski definition) is 2. The number of carbonyl (C=O) groups excluding carboxylic acids is 3. The van der Waals surface area contributed by atoms with Gasteiger partial charge in [0.2, 0.25) is 11.8 Å². The normalized spacial score (nSPS) is 20.1. The van der Waals surface area contributed by atoms with Crippen molar-refractivity contribution in [2.45, 2.75) is 45.5 Å². The number of nitrogens with zero attached hydrogens (tertiary/aromatic N) is 3. The van der Waals surface area contributed by atoms with Crippen molar-refractivity contribution in [2.24, 2.45) is 10.6 Å². The number of thiazole rings is 1. The van der Waals surface area contributed by atoms with Crippen LogP contribution in [0.1, 0.15) is 39.8 Å². The van der Waals surface area contributed by atoms with Crippen LogP contribution in [0.2, 0.25) is 0 Å². The molecule has 2 amide bonds. The van der Waals surface area contributed by atoms with E-state index in [9.17, 15) is 14.4 Å². The van der Waals surface area contributed by atoms with Crippen molar-refractivity contribution >= 4 is 69.0 Å². The van der Waals surface area contributed by atoms with E-state index in [0.29, 0.717) is 17.9 Å². The SMILES string of the molecule is CCC1=C(C(=S)OCOC(=O)C(C)(C)C)N2C(=O)C(NC(=O)C(=NOC)c3csc(N)n3)[C@H]2SC1. The number of nitrogen functional groups attached to an aromatic ring is 1. The van der Waals surface area contributed by atoms with E-state index in [1.54, 1.807) is 26.2 Å². The Kier molecular flexibility index (Phi) is 8.38. The smallest absolute Gasteiger partial charge is 0.314 e. The van der Waals surface area contributed by atoms with Gasteiger partial charge in [-0.2, -0.15) is 0 Å². The van der Waals surface area contributed by atoms with Gasteiger partial charge in [0.05, 0.1) is 11.1 Å². The number of thiocarbonyl (C=S) groups is 1. The second-order valence-corrected chi connectivity index (χ2v) is 11.0. The fraction of sp³-hybridized carbons (Fsp3) is 0.524. The van der Waals surface area contributed by atoms with Gasteiger partial charge in [0.25, 0.3) is 11.8 Å². The number of carbonyl (C=O) groups is 3. The van der Waals surface area contributed by atoms with Crippen LogP contribution in [0.15, 0.2) is 21.8 Å². The number of nitrogens with two attached hydrogens (primary N) is 1. The molecule has 1 aromatic heterocycles. The van der Waals surface area contributed by atoms with Crippen molar-refractivity contribution in [3.05, 3.63) is 22.3 Å². The van der Waals surface area contributed by atoms with Gasteiger partial charge in [0.15, 0.2) is 10.8 Å². The molecule has 1 fully saturated rings. The summed E-state index contributed by atoms with van der Waals surface area (Å²) in [6, 6.07) is -0.805. The monoisotopic (exact) mass is 541 g/mol. The summed E-state index contributed by atoms with van der Waals surface area (Å²) in [5, 5.41) is 7.98. The zero-order valence-corrected chi connectivity index (χ0v) is 22.4. The summed E-state index contributed by atoms with van der Waals surface area (Å²) in [7, 11) is 1.30. The van der Waals surface area contributed by atoms with Gasteiger partial charge in [-0.05, 0) is 45.0 Å². The molecule has 1 saturated heterocycles. The Hall–Kier alpha value is -2.71. The minimum atomic E-state index is -0.805. The minimum absolute atomic E-state index is 0.0616. The molecule has 3 N–H and O–H groups in total. The van der Waals surface area contributed by atoms with E-state index in [1.807, 2.05) is 6.92 Å². The molecule has 0 aromatic carbocycles. The molecule has 0 saturated carbocycles. The Balaban J connectivity index is 1.70. The van der Waals surface area contributed by atoms with Crippen molar-refractivity contribution in [1.29, 1.82) is 0 Å². The maximum atomic E-state index is 13.1. The van der Waals surface area contributed by atoms with Crippen LogP contribution in [0.5, 0.6) is 0 Å². The predicted molar refractivity (Wildman–Crippen MR) is 137 cm³/mol. The number of nitrogens with one attached hydrogen (secondary N) is 1. The molecular formula is C21H27N5O6S3. The lowest BCUT2D eigenvalue weighted by molar-refractivity contribution is -0.160. The highest BCUT2D eigenvalue weighted by Gasteiger charge is 2.53. The van der Waals surface area contributed by atoms with Crippen LogP contribution >= 0.6 is 35.3 Å². The molecule has 0 radical (unpaired) electrons. The molecule has 14 heteroatoms. The molecule has 0 spiro atoms. The summed E-state index contributed by atoms with van der Waals surface area (Å²) in [5.74, 6) is -0.793. The molecule has 3 heterocycles. The van der Waals surface area contributed by atoms with E-state index < -0.39 is 23.3 Å². The fourth-order valence-electron chi connectivity index (χ4n) is 3.27. The third kappa shape index (κ3) is 5.76. The summed E-state index contributed by atoms with van der Waals surface area (Å²) < 4.78 is 10.6. The van der Waals surface area contributed by atoms with Crippen LogP contribution in [-0.4, -0.2) is 69.5 Å². The second-order valence-electron chi connectivity index (χ2n) is 8.59. The summed E-state index contributed by atoms with van der Waals surface area (Å²) in [6.07, 6.45) is 0.650. The zero-order valence-electron chi connectivity index (χ0n) is 19.9. The fourth-order valence-corrected chi connectivity index (χ4v) is 5.55. The van der Waals surface area contributed by atoms with E-state index >= 15 is 0 Å². The lowest BCUT2D eigenvalue weighted by Crippen LogP contribution is -2.71. The number of fused-ring (bicyclic) bond motifs is 1. The van der Waals surface area contributed by atoms with Crippen molar-refractivity contribution in [3.63, 3.8) is 0 Å². The summed E-state index contributed by atoms with van der Waals surface area (Å²) in [4.78, 5) is 48.3. The van der Waals surface area contributed by atoms with Gasteiger partial charge in [-0.1, -0.05) is 12.1 Å². The first-order valence-electron chi connectivity index (χ1n) is 10.6. The van der Waals surface area contributed by atoms with Crippen LogP contribution < -0.4 is 11.1 Å². The molecule has 0 bridgehead atoms. The Bertz CT molecular complexity index is 1090.